The number of nitrogens with one attached hydrogen (secondary N) is 2. The number of hydrogen-bond acceptors (Lipinski definition) is 5. The minimum absolute atomic E-state index is 0.0853. The molecule has 0 spiro atoms. The van der Waals surface area contributed by atoms with Gasteiger partial charge in [-0.25, -0.2) is 4.98 Å². The van der Waals surface area contributed by atoms with E-state index in [0.717, 1.165) is 31.2 Å². The molecule has 0 aliphatic carbocycles. The van der Waals surface area contributed by atoms with Crippen molar-refractivity contribution < 1.29 is 4.79 Å². The van der Waals surface area contributed by atoms with Gasteiger partial charge in [0, 0.05) is 30.7 Å². The highest BCUT2D eigenvalue weighted by atomic mass is 32.1. The summed E-state index contributed by atoms with van der Waals surface area (Å²) in [5.41, 5.74) is 0. The molecule has 1 aliphatic heterocycles. The lowest BCUT2D eigenvalue weighted by Gasteiger charge is -2.32. The molecule has 1 atom stereocenters. The van der Waals surface area contributed by atoms with Crippen LogP contribution in [0, 0.1) is 0 Å². The predicted octanol–water partition coefficient (Wildman–Crippen LogP) is 0.967. The Labute approximate surface area is 112 Å². The Morgan fingerprint density at radius 1 is 1.67 bits per heavy atom. The third-order valence-electron chi connectivity index (χ3n) is 3.01. The number of hydrogen-bond donors (Lipinski definition) is 2. The lowest BCUT2D eigenvalue weighted by molar-refractivity contribution is -0.122. The van der Waals surface area contributed by atoms with Crippen molar-refractivity contribution in [1.82, 2.24) is 15.6 Å². The van der Waals surface area contributed by atoms with E-state index < -0.39 is 0 Å². The Morgan fingerprint density at radius 3 is 3.28 bits per heavy atom. The van der Waals surface area contributed by atoms with Gasteiger partial charge < -0.3 is 15.5 Å². The van der Waals surface area contributed by atoms with E-state index in [1.807, 2.05) is 13.1 Å². The lowest BCUT2D eigenvalue weighted by atomic mass is 10.2. The molecule has 5 nitrogen and oxygen atoms in total. The van der Waals surface area contributed by atoms with E-state index in [2.05, 4.69) is 27.4 Å². The molecule has 0 saturated carbocycles. The zero-order valence-corrected chi connectivity index (χ0v) is 11.7. The maximum atomic E-state index is 11.6. The zero-order valence-electron chi connectivity index (χ0n) is 10.9. The summed E-state index contributed by atoms with van der Waals surface area (Å²) >= 11 is 1.67. The van der Waals surface area contributed by atoms with Gasteiger partial charge in [0.25, 0.3) is 0 Å². The highest BCUT2D eigenvalue weighted by molar-refractivity contribution is 7.15. The first kappa shape index (κ1) is 13.3. The van der Waals surface area contributed by atoms with Crippen LogP contribution in [0.25, 0.3) is 0 Å². The quantitative estimate of drug-likeness (QED) is 0.781. The minimum Gasteiger partial charge on any atom is -0.353 e. The average Bonchev–Trinajstić information content (AvgIpc) is 2.82. The van der Waals surface area contributed by atoms with Gasteiger partial charge >= 0.3 is 0 Å². The van der Waals surface area contributed by atoms with Crippen molar-refractivity contribution in [2.45, 2.75) is 32.9 Å². The Hall–Kier alpha value is -1.14. The van der Waals surface area contributed by atoms with Crippen molar-refractivity contribution in [2.24, 2.45) is 0 Å². The van der Waals surface area contributed by atoms with Crippen LogP contribution in [0.2, 0.25) is 0 Å². The van der Waals surface area contributed by atoms with Gasteiger partial charge in [-0.1, -0.05) is 6.92 Å². The van der Waals surface area contributed by atoms with Gasteiger partial charge in [0.1, 0.15) is 6.04 Å². The molecular weight excluding hydrogens is 248 g/mol. The molecule has 0 radical (unpaired) electrons. The Kier molecular flexibility index (Phi) is 4.54. The fourth-order valence-electron chi connectivity index (χ4n) is 1.94. The first-order valence-electron chi connectivity index (χ1n) is 6.42. The second-order valence-corrected chi connectivity index (χ2v) is 5.54. The standard InChI is InChI=1S/C12H20N4OS/c1-3-4-13-7-10-8-15-12(18-10)16-6-5-14-11(17)9(16)2/h8-9,13H,3-7H2,1-2H3,(H,14,17). The van der Waals surface area contributed by atoms with Gasteiger partial charge in [-0.05, 0) is 19.9 Å². The van der Waals surface area contributed by atoms with E-state index in [1.54, 1.807) is 11.3 Å². The first-order valence-corrected chi connectivity index (χ1v) is 7.23. The Bertz CT molecular complexity index is 407. The van der Waals surface area contributed by atoms with Crippen LogP contribution in [0.4, 0.5) is 5.13 Å². The number of amides is 1. The molecule has 1 aromatic rings. The molecule has 1 aliphatic rings. The molecule has 18 heavy (non-hydrogen) atoms. The first-order chi connectivity index (χ1) is 8.72. The number of rotatable bonds is 5. The number of aromatic nitrogens is 1. The van der Waals surface area contributed by atoms with Crippen LogP contribution in [0.1, 0.15) is 25.1 Å². The van der Waals surface area contributed by atoms with Crippen molar-refractivity contribution in [3.63, 3.8) is 0 Å². The van der Waals surface area contributed by atoms with Crippen LogP contribution in [0.5, 0.6) is 0 Å². The number of nitrogens with zero attached hydrogens (tertiary/aromatic N) is 2. The maximum absolute atomic E-state index is 11.6. The Morgan fingerprint density at radius 2 is 2.50 bits per heavy atom. The Balaban J connectivity index is 1.98. The van der Waals surface area contributed by atoms with Crippen molar-refractivity contribution in [3.8, 4) is 0 Å². The van der Waals surface area contributed by atoms with Crippen LogP contribution in [-0.2, 0) is 11.3 Å². The lowest BCUT2D eigenvalue weighted by Crippen LogP contribution is -2.54. The van der Waals surface area contributed by atoms with Crippen LogP contribution >= 0.6 is 11.3 Å². The molecule has 0 bridgehead atoms. The van der Waals surface area contributed by atoms with Crippen LogP contribution in [0.15, 0.2) is 6.20 Å². The summed E-state index contributed by atoms with van der Waals surface area (Å²) < 4.78 is 0. The molecule has 1 fully saturated rings. The van der Waals surface area contributed by atoms with Crippen molar-refractivity contribution in [3.05, 3.63) is 11.1 Å². The summed E-state index contributed by atoms with van der Waals surface area (Å²) in [6.45, 7) is 7.49. The average molecular weight is 268 g/mol. The molecule has 1 amide bonds. The summed E-state index contributed by atoms with van der Waals surface area (Å²) in [7, 11) is 0. The molecule has 0 aromatic carbocycles. The van der Waals surface area contributed by atoms with Gasteiger partial charge in [0.15, 0.2) is 5.13 Å². The van der Waals surface area contributed by atoms with Crippen LogP contribution in [-0.4, -0.2) is 36.6 Å². The number of carbonyl (C=O) groups is 1. The van der Waals surface area contributed by atoms with E-state index in [-0.39, 0.29) is 11.9 Å². The molecule has 6 heteroatoms. The van der Waals surface area contributed by atoms with Crippen molar-refractivity contribution in [1.29, 1.82) is 0 Å². The molecule has 2 rings (SSSR count). The highest BCUT2D eigenvalue weighted by Crippen LogP contribution is 2.25. The number of piperazine rings is 1. The molecule has 100 valence electrons. The van der Waals surface area contributed by atoms with Crippen molar-refractivity contribution in [2.75, 3.05) is 24.5 Å². The monoisotopic (exact) mass is 268 g/mol. The topological polar surface area (TPSA) is 57.3 Å². The SMILES string of the molecule is CCCNCc1cnc(N2CCNC(=O)C2C)s1. The van der Waals surface area contributed by atoms with E-state index >= 15 is 0 Å². The fraction of sp³-hybridized carbons (Fsp3) is 0.667. The van der Waals surface area contributed by atoms with Gasteiger partial charge in [-0.2, -0.15) is 0 Å². The molecule has 2 heterocycles. The van der Waals surface area contributed by atoms with E-state index in [0.29, 0.717) is 6.54 Å². The summed E-state index contributed by atoms with van der Waals surface area (Å²) in [6, 6.07) is -0.124. The number of anilines is 1. The molecule has 1 aromatic heterocycles. The van der Waals surface area contributed by atoms with Crippen LogP contribution < -0.4 is 15.5 Å². The third kappa shape index (κ3) is 3.00. The van der Waals surface area contributed by atoms with Gasteiger partial charge in [-0.3, -0.25) is 4.79 Å². The summed E-state index contributed by atoms with van der Waals surface area (Å²) in [5.74, 6) is 0.0853. The van der Waals surface area contributed by atoms with Gasteiger partial charge in [-0.15, -0.1) is 11.3 Å². The molecule has 1 unspecified atom stereocenters. The summed E-state index contributed by atoms with van der Waals surface area (Å²) in [4.78, 5) is 19.3. The second-order valence-electron chi connectivity index (χ2n) is 4.45. The highest BCUT2D eigenvalue weighted by Gasteiger charge is 2.27. The number of thiazole rings is 1. The molecule has 1 saturated heterocycles. The normalized spacial score (nSPS) is 20.0. The second kappa shape index (κ2) is 6.15. The fourth-order valence-corrected chi connectivity index (χ4v) is 2.93. The molecular formula is C12H20N4OS. The van der Waals surface area contributed by atoms with Crippen LogP contribution in [0.3, 0.4) is 0 Å². The van der Waals surface area contributed by atoms with Gasteiger partial charge in [0.2, 0.25) is 5.91 Å². The number of carbonyl (C=O) groups excluding carboxylic acids is 1. The van der Waals surface area contributed by atoms with E-state index in [4.69, 9.17) is 0 Å². The van der Waals surface area contributed by atoms with E-state index in [9.17, 15) is 4.79 Å². The summed E-state index contributed by atoms with van der Waals surface area (Å²) in [6.07, 6.45) is 3.04. The zero-order chi connectivity index (χ0) is 13.0. The summed E-state index contributed by atoms with van der Waals surface area (Å²) in [5, 5.41) is 7.17. The van der Waals surface area contributed by atoms with Gasteiger partial charge in [0.05, 0.1) is 0 Å². The van der Waals surface area contributed by atoms with E-state index in [1.165, 1.54) is 4.88 Å². The smallest absolute Gasteiger partial charge is 0.242 e. The predicted molar refractivity (Wildman–Crippen MR) is 73.9 cm³/mol. The molecule has 2 N–H and O–H groups in total. The minimum atomic E-state index is -0.124. The maximum Gasteiger partial charge on any atom is 0.242 e. The third-order valence-corrected chi connectivity index (χ3v) is 4.05. The largest absolute Gasteiger partial charge is 0.353 e. The van der Waals surface area contributed by atoms with Crippen molar-refractivity contribution >= 4 is 22.4 Å².